The van der Waals surface area contributed by atoms with Crippen molar-refractivity contribution in [1.29, 1.82) is 0 Å². The van der Waals surface area contributed by atoms with E-state index in [9.17, 15) is 23.3 Å². The molecule has 36 heavy (non-hydrogen) atoms. The maximum absolute atomic E-state index is 13.1. The molecule has 0 bridgehead atoms. The van der Waals surface area contributed by atoms with Gasteiger partial charge in [0.1, 0.15) is 5.69 Å². The minimum Gasteiger partial charge on any atom is -0.362 e. The molecule has 0 spiro atoms. The molecule has 1 fully saturated rings. The van der Waals surface area contributed by atoms with Crippen LogP contribution in [0.15, 0.2) is 48.5 Å². The molecule has 1 saturated heterocycles. The second kappa shape index (κ2) is 8.77. The van der Waals surface area contributed by atoms with Crippen molar-refractivity contribution in [2.45, 2.75) is 20.0 Å². The van der Waals surface area contributed by atoms with E-state index in [4.69, 9.17) is 9.97 Å². The number of hydrogen-bond donors (Lipinski definition) is 0. The van der Waals surface area contributed by atoms with Gasteiger partial charge in [-0.05, 0) is 44.2 Å². The molecular weight excluding hydrogens is 475 g/mol. The Labute approximate surface area is 203 Å². The number of nitro groups is 1. The Bertz CT molecular complexity index is 1460. The average Bonchev–Trinajstić information content (AvgIpc) is 3.20. The van der Waals surface area contributed by atoms with Gasteiger partial charge in [-0.2, -0.15) is 18.3 Å². The third-order valence-electron chi connectivity index (χ3n) is 6.16. The number of piperazine rings is 1. The third-order valence-corrected chi connectivity index (χ3v) is 6.16. The highest BCUT2D eigenvalue weighted by molar-refractivity contribution is 5.78. The van der Waals surface area contributed by atoms with Gasteiger partial charge in [-0.3, -0.25) is 10.1 Å². The number of hydrogen-bond acceptors (Lipinski definition) is 7. The van der Waals surface area contributed by atoms with Crippen molar-refractivity contribution in [3.8, 4) is 5.82 Å². The summed E-state index contributed by atoms with van der Waals surface area (Å²) >= 11 is 0. The lowest BCUT2D eigenvalue weighted by Crippen LogP contribution is -2.47. The monoisotopic (exact) mass is 497 g/mol. The van der Waals surface area contributed by atoms with Crippen molar-refractivity contribution >= 4 is 28.2 Å². The number of nitro benzene ring substituents is 1. The van der Waals surface area contributed by atoms with Crippen molar-refractivity contribution in [3.05, 3.63) is 75.6 Å². The number of rotatable bonds is 4. The summed E-state index contributed by atoms with van der Waals surface area (Å²) in [5, 5.41) is 16.1. The fraction of sp³-hybridized carbons (Fsp3) is 0.292. The largest absolute Gasteiger partial charge is 0.416 e. The van der Waals surface area contributed by atoms with Crippen molar-refractivity contribution in [2.24, 2.45) is 0 Å². The molecule has 0 aliphatic carbocycles. The van der Waals surface area contributed by atoms with Crippen LogP contribution >= 0.6 is 0 Å². The Hall–Kier alpha value is -4.22. The van der Waals surface area contributed by atoms with Crippen LogP contribution in [0.1, 0.15) is 17.0 Å². The van der Waals surface area contributed by atoms with E-state index in [-0.39, 0.29) is 5.69 Å². The van der Waals surface area contributed by atoms with Crippen LogP contribution in [-0.2, 0) is 6.18 Å². The quantitative estimate of drug-likeness (QED) is 0.298. The number of benzene rings is 2. The van der Waals surface area contributed by atoms with Gasteiger partial charge in [0.05, 0.1) is 27.2 Å². The molecule has 0 N–H and O–H groups in total. The van der Waals surface area contributed by atoms with Crippen LogP contribution in [-0.4, -0.2) is 50.9 Å². The Morgan fingerprint density at radius 2 is 1.50 bits per heavy atom. The van der Waals surface area contributed by atoms with Gasteiger partial charge < -0.3 is 9.80 Å². The summed E-state index contributed by atoms with van der Waals surface area (Å²) in [4.78, 5) is 24.2. The van der Waals surface area contributed by atoms with Crippen LogP contribution < -0.4 is 9.80 Å². The van der Waals surface area contributed by atoms with Crippen LogP contribution in [0, 0.1) is 24.0 Å². The number of halogens is 3. The van der Waals surface area contributed by atoms with E-state index < -0.39 is 22.4 Å². The zero-order valence-corrected chi connectivity index (χ0v) is 19.5. The summed E-state index contributed by atoms with van der Waals surface area (Å²) in [5.41, 5.74) is 1.74. The molecule has 0 radical (unpaired) electrons. The standard InChI is InChI=1S/C24H22F3N7O2/c1-15-13-16(2)33(30-15)23-22(28-18-5-3-4-6-19(18)29-23)32-11-9-31(10-12-32)20-8-7-17(24(25,26)27)14-21(20)34(35)36/h3-8,13-14H,9-12H2,1-2H3. The van der Waals surface area contributed by atoms with Gasteiger partial charge in [0.2, 0.25) is 0 Å². The SMILES string of the molecule is Cc1cc(C)n(-c2nc3ccccc3nc2N2CCN(c3ccc(C(F)(F)F)cc3[N+](=O)[O-])CC2)n1. The normalized spacial score (nSPS) is 14.5. The number of aryl methyl sites for hydroxylation is 2. The number of anilines is 2. The van der Waals surface area contributed by atoms with E-state index in [2.05, 4.69) is 5.10 Å². The van der Waals surface area contributed by atoms with Crippen LogP contribution in [0.25, 0.3) is 16.9 Å². The maximum Gasteiger partial charge on any atom is 0.416 e. The summed E-state index contributed by atoms with van der Waals surface area (Å²) < 4.78 is 41.0. The van der Waals surface area contributed by atoms with Gasteiger partial charge >= 0.3 is 6.18 Å². The summed E-state index contributed by atoms with van der Waals surface area (Å²) in [6, 6.07) is 12.1. The topological polar surface area (TPSA) is 93.2 Å². The van der Waals surface area contributed by atoms with E-state index in [0.29, 0.717) is 43.9 Å². The molecule has 9 nitrogen and oxygen atoms in total. The predicted octanol–water partition coefficient (Wildman–Crippen LogP) is 4.69. The fourth-order valence-electron chi connectivity index (χ4n) is 4.45. The molecule has 1 aliphatic heterocycles. The molecule has 1 aliphatic rings. The molecule has 0 atom stereocenters. The minimum atomic E-state index is -4.66. The highest BCUT2D eigenvalue weighted by Gasteiger charge is 2.34. The van der Waals surface area contributed by atoms with E-state index in [1.54, 1.807) is 9.58 Å². The van der Waals surface area contributed by atoms with Gasteiger partial charge in [-0.15, -0.1) is 0 Å². The predicted molar refractivity (Wildman–Crippen MR) is 129 cm³/mol. The van der Waals surface area contributed by atoms with E-state index in [1.807, 2.05) is 49.1 Å². The molecule has 0 unspecified atom stereocenters. The third kappa shape index (κ3) is 4.30. The number of para-hydroxylation sites is 2. The molecule has 5 rings (SSSR count). The molecule has 12 heteroatoms. The van der Waals surface area contributed by atoms with E-state index in [1.165, 1.54) is 6.07 Å². The number of fused-ring (bicyclic) bond motifs is 1. The van der Waals surface area contributed by atoms with Gasteiger partial charge in [0, 0.05) is 37.9 Å². The van der Waals surface area contributed by atoms with Crippen molar-refractivity contribution in [2.75, 3.05) is 36.0 Å². The van der Waals surface area contributed by atoms with Gasteiger partial charge in [0.25, 0.3) is 5.69 Å². The molecule has 4 aromatic rings. The van der Waals surface area contributed by atoms with Gasteiger partial charge in [-0.1, -0.05) is 12.1 Å². The number of aromatic nitrogens is 4. The van der Waals surface area contributed by atoms with E-state index in [0.717, 1.165) is 28.5 Å². The Morgan fingerprint density at radius 1 is 0.889 bits per heavy atom. The molecule has 3 heterocycles. The van der Waals surface area contributed by atoms with Crippen LogP contribution in [0.3, 0.4) is 0 Å². The average molecular weight is 497 g/mol. The first-order valence-electron chi connectivity index (χ1n) is 11.3. The lowest BCUT2D eigenvalue weighted by molar-refractivity contribution is -0.384. The number of nitrogens with zero attached hydrogens (tertiary/aromatic N) is 7. The zero-order chi connectivity index (χ0) is 25.6. The highest BCUT2D eigenvalue weighted by atomic mass is 19.4. The minimum absolute atomic E-state index is 0.163. The van der Waals surface area contributed by atoms with Crippen LogP contribution in [0.5, 0.6) is 0 Å². The van der Waals surface area contributed by atoms with E-state index >= 15 is 0 Å². The van der Waals surface area contributed by atoms with Crippen LogP contribution in [0.4, 0.5) is 30.4 Å². The first kappa shape index (κ1) is 23.5. The Morgan fingerprint density at radius 3 is 2.06 bits per heavy atom. The molecule has 0 saturated carbocycles. The summed E-state index contributed by atoms with van der Waals surface area (Å²) in [6.07, 6.45) is -4.66. The smallest absolute Gasteiger partial charge is 0.362 e. The first-order chi connectivity index (χ1) is 17.1. The second-order valence-corrected chi connectivity index (χ2v) is 8.63. The van der Waals surface area contributed by atoms with Crippen molar-refractivity contribution in [1.82, 2.24) is 19.7 Å². The first-order valence-corrected chi connectivity index (χ1v) is 11.3. The van der Waals surface area contributed by atoms with Gasteiger partial charge in [0.15, 0.2) is 11.6 Å². The Balaban J connectivity index is 1.47. The summed E-state index contributed by atoms with van der Waals surface area (Å²) in [7, 11) is 0. The lowest BCUT2D eigenvalue weighted by atomic mass is 10.1. The molecule has 0 amide bonds. The van der Waals surface area contributed by atoms with Crippen molar-refractivity contribution < 1.29 is 18.1 Å². The summed E-state index contributed by atoms with van der Waals surface area (Å²) in [5.74, 6) is 1.20. The highest BCUT2D eigenvalue weighted by Crippen LogP contribution is 2.37. The van der Waals surface area contributed by atoms with Gasteiger partial charge in [-0.25, -0.2) is 14.6 Å². The Kier molecular flexibility index (Phi) is 5.73. The molecular formula is C24H22F3N7O2. The number of alkyl halides is 3. The zero-order valence-electron chi connectivity index (χ0n) is 19.5. The van der Waals surface area contributed by atoms with Crippen LogP contribution in [0.2, 0.25) is 0 Å². The lowest BCUT2D eigenvalue weighted by Gasteiger charge is -2.37. The van der Waals surface area contributed by atoms with Crippen molar-refractivity contribution in [3.63, 3.8) is 0 Å². The maximum atomic E-state index is 13.1. The molecule has 186 valence electrons. The fourth-order valence-corrected chi connectivity index (χ4v) is 4.45. The second-order valence-electron chi connectivity index (χ2n) is 8.63. The summed E-state index contributed by atoms with van der Waals surface area (Å²) in [6.45, 7) is 5.43. The molecule has 2 aromatic heterocycles. The molecule has 2 aromatic carbocycles.